The van der Waals surface area contributed by atoms with Crippen LogP contribution >= 0.6 is 0 Å². The van der Waals surface area contributed by atoms with E-state index >= 15 is 0 Å². The molecule has 1 atom stereocenters. The predicted octanol–water partition coefficient (Wildman–Crippen LogP) is 4.47. The number of carbonyl (C=O) groups excluding carboxylic acids is 1. The topological polar surface area (TPSA) is 29.1 Å². The number of fused-ring (bicyclic) bond motifs is 1. The highest BCUT2D eigenvalue weighted by molar-refractivity contribution is 6.03. The zero-order valence-electron chi connectivity index (χ0n) is 11.5. The average Bonchev–Trinajstić information content (AvgIpc) is 2.80. The number of rotatable bonds is 1. The maximum absolute atomic E-state index is 12.3. The quantitative estimate of drug-likeness (QED) is 0.790. The molecular weight excluding hydrogens is 234 g/mol. The van der Waals surface area contributed by atoms with Crippen LogP contribution in [0.4, 0.5) is 5.69 Å². The molecule has 1 aliphatic carbocycles. The van der Waals surface area contributed by atoms with Gasteiger partial charge < -0.3 is 5.32 Å². The van der Waals surface area contributed by atoms with Crippen LogP contribution in [0.5, 0.6) is 0 Å². The van der Waals surface area contributed by atoms with Crippen molar-refractivity contribution in [2.45, 2.75) is 57.3 Å². The monoisotopic (exact) mass is 257 g/mol. The van der Waals surface area contributed by atoms with E-state index in [-0.39, 0.29) is 11.8 Å². The number of hydrogen-bond donors (Lipinski definition) is 1. The van der Waals surface area contributed by atoms with E-state index in [4.69, 9.17) is 0 Å². The Hall–Kier alpha value is -1.31. The first-order chi connectivity index (χ1) is 9.36. The lowest BCUT2D eigenvalue weighted by Gasteiger charge is -2.21. The molecule has 2 aliphatic rings. The van der Waals surface area contributed by atoms with Crippen LogP contribution in [-0.2, 0) is 4.79 Å². The molecule has 0 spiro atoms. The molecule has 2 heteroatoms. The van der Waals surface area contributed by atoms with Gasteiger partial charge in [0, 0.05) is 5.69 Å². The van der Waals surface area contributed by atoms with Gasteiger partial charge in [0.2, 0.25) is 5.91 Å². The van der Waals surface area contributed by atoms with Gasteiger partial charge >= 0.3 is 0 Å². The Labute approximate surface area is 115 Å². The molecule has 0 saturated heterocycles. The van der Waals surface area contributed by atoms with Crippen LogP contribution in [0.2, 0.25) is 0 Å². The van der Waals surface area contributed by atoms with E-state index in [0.717, 1.165) is 5.69 Å². The van der Waals surface area contributed by atoms with Gasteiger partial charge in [-0.1, -0.05) is 56.7 Å². The number of para-hydroxylation sites is 1. The van der Waals surface area contributed by atoms with E-state index < -0.39 is 0 Å². The summed E-state index contributed by atoms with van der Waals surface area (Å²) in [6, 6.07) is 8.22. The second-order valence-electron chi connectivity index (χ2n) is 6.01. The fourth-order valence-corrected chi connectivity index (χ4v) is 3.70. The summed E-state index contributed by atoms with van der Waals surface area (Å²) in [5.74, 6) is 0.876. The van der Waals surface area contributed by atoms with Gasteiger partial charge in [-0.3, -0.25) is 4.79 Å². The van der Waals surface area contributed by atoms with Gasteiger partial charge in [-0.15, -0.1) is 0 Å². The van der Waals surface area contributed by atoms with Gasteiger partial charge in [0.05, 0.1) is 5.92 Å². The second-order valence-corrected chi connectivity index (χ2v) is 6.01. The predicted molar refractivity (Wildman–Crippen MR) is 78.2 cm³/mol. The molecule has 1 fully saturated rings. The lowest BCUT2D eigenvalue weighted by Crippen LogP contribution is -2.21. The van der Waals surface area contributed by atoms with Crippen LogP contribution in [-0.4, -0.2) is 5.91 Å². The molecule has 1 N–H and O–H groups in total. The maximum Gasteiger partial charge on any atom is 0.232 e. The number of benzene rings is 1. The highest BCUT2D eigenvalue weighted by Gasteiger charge is 2.35. The molecule has 0 bridgehead atoms. The number of amides is 1. The third kappa shape index (κ3) is 2.68. The molecule has 1 aliphatic heterocycles. The maximum atomic E-state index is 12.3. The van der Waals surface area contributed by atoms with E-state index in [9.17, 15) is 4.79 Å². The van der Waals surface area contributed by atoms with Crippen LogP contribution in [0.15, 0.2) is 24.3 Å². The van der Waals surface area contributed by atoms with Gasteiger partial charge in [0.25, 0.3) is 0 Å². The molecular formula is C17H23NO. The standard InChI is InChI=1S/C17H23NO/c19-17-16(14-11-7-8-12-15(14)18-17)13-9-5-3-1-2-4-6-10-13/h7-8,11-13,16H,1-6,9-10H2,(H,18,19). The summed E-state index contributed by atoms with van der Waals surface area (Å²) in [5.41, 5.74) is 2.27. The first-order valence-corrected chi connectivity index (χ1v) is 7.76. The Morgan fingerprint density at radius 2 is 1.53 bits per heavy atom. The number of nitrogens with one attached hydrogen (secondary N) is 1. The van der Waals surface area contributed by atoms with E-state index in [1.165, 1.54) is 56.9 Å². The van der Waals surface area contributed by atoms with Crippen molar-refractivity contribution in [3.63, 3.8) is 0 Å². The van der Waals surface area contributed by atoms with Crippen LogP contribution in [0, 0.1) is 5.92 Å². The highest BCUT2D eigenvalue weighted by atomic mass is 16.2. The third-order valence-electron chi connectivity index (χ3n) is 4.71. The Morgan fingerprint density at radius 3 is 2.26 bits per heavy atom. The van der Waals surface area contributed by atoms with Crippen LogP contribution in [0.3, 0.4) is 0 Å². The fraction of sp³-hybridized carbons (Fsp3) is 0.588. The minimum Gasteiger partial charge on any atom is -0.325 e. The molecule has 1 unspecified atom stereocenters. The van der Waals surface area contributed by atoms with Crippen molar-refractivity contribution < 1.29 is 4.79 Å². The van der Waals surface area contributed by atoms with Crippen LogP contribution in [0.25, 0.3) is 0 Å². The Morgan fingerprint density at radius 1 is 0.895 bits per heavy atom. The summed E-state index contributed by atoms with van der Waals surface area (Å²) in [6.07, 6.45) is 10.4. The molecule has 1 aromatic rings. The molecule has 1 saturated carbocycles. The minimum absolute atomic E-state index is 0.106. The van der Waals surface area contributed by atoms with Crippen molar-refractivity contribution in [3.8, 4) is 0 Å². The first-order valence-electron chi connectivity index (χ1n) is 7.76. The van der Waals surface area contributed by atoms with Gasteiger partial charge in [-0.05, 0) is 30.4 Å². The van der Waals surface area contributed by atoms with Gasteiger partial charge in [-0.2, -0.15) is 0 Å². The van der Waals surface area contributed by atoms with E-state index in [2.05, 4.69) is 17.4 Å². The molecule has 1 aromatic carbocycles. The lowest BCUT2D eigenvalue weighted by molar-refractivity contribution is -0.118. The van der Waals surface area contributed by atoms with Crippen molar-refractivity contribution in [3.05, 3.63) is 29.8 Å². The summed E-state index contributed by atoms with van der Waals surface area (Å²) in [6.45, 7) is 0. The van der Waals surface area contributed by atoms with Crippen molar-refractivity contribution in [1.29, 1.82) is 0 Å². The molecule has 3 rings (SSSR count). The lowest BCUT2D eigenvalue weighted by atomic mass is 9.81. The molecule has 1 heterocycles. The summed E-state index contributed by atoms with van der Waals surface area (Å²) < 4.78 is 0. The largest absolute Gasteiger partial charge is 0.325 e. The van der Waals surface area contributed by atoms with E-state index in [1.54, 1.807) is 0 Å². The van der Waals surface area contributed by atoms with Gasteiger partial charge in [0.1, 0.15) is 0 Å². The highest BCUT2D eigenvalue weighted by Crippen LogP contribution is 2.41. The second kappa shape index (κ2) is 5.77. The van der Waals surface area contributed by atoms with Crippen molar-refractivity contribution in [2.24, 2.45) is 5.92 Å². The SMILES string of the molecule is O=C1Nc2ccccc2C1C1CCCCCCCC1. The molecule has 0 aromatic heterocycles. The summed E-state index contributed by atoms with van der Waals surface area (Å²) in [4.78, 5) is 12.3. The number of carbonyl (C=O) groups is 1. The van der Waals surface area contributed by atoms with E-state index in [1.807, 2.05) is 12.1 Å². The van der Waals surface area contributed by atoms with Gasteiger partial charge in [-0.25, -0.2) is 0 Å². The van der Waals surface area contributed by atoms with Crippen molar-refractivity contribution >= 4 is 11.6 Å². The zero-order valence-corrected chi connectivity index (χ0v) is 11.5. The van der Waals surface area contributed by atoms with Crippen LogP contribution < -0.4 is 5.32 Å². The van der Waals surface area contributed by atoms with Crippen molar-refractivity contribution in [2.75, 3.05) is 5.32 Å². The van der Waals surface area contributed by atoms with Gasteiger partial charge in [0.15, 0.2) is 0 Å². The summed E-state index contributed by atoms with van der Waals surface area (Å²) in [7, 11) is 0. The first kappa shape index (κ1) is 12.7. The third-order valence-corrected chi connectivity index (χ3v) is 4.71. The normalized spacial score (nSPS) is 25.1. The zero-order chi connectivity index (χ0) is 13.1. The summed E-state index contributed by atoms with van der Waals surface area (Å²) >= 11 is 0. The van der Waals surface area contributed by atoms with Crippen LogP contribution in [0.1, 0.15) is 62.8 Å². The number of anilines is 1. The van der Waals surface area contributed by atoms with E-state index in [0.29, 0.717) is 5.92 Å². The Bertz CT molecular complexity index is 444. The molecule has 1 amide bonds. The van der Waals surface area contributed by atoms with Crippen molar-refractivity contribution in [1.82, 2.24) is 0 Å². The molecule has 0 radical (unpaired) electrons. The Kier molecular flexibility index (Phi) is 3.86. The molecule has 2 nitrogen and oxygen atoms in total. The molecule has 102 valence electrons. The average molecular weight is 257 g/mol. The smallest absolute Gasteiger partial charge is 0.232 e. The number of hydrogen-bond acceptors (Lipinski definition) is 1. The minimum atomic E-state index is 0.106. The Balaban J connectivity index is 1.81. The molecule has 19 heavy (non-hydrogen) atoms. The fourth-order valence-electron chi connectivity index (χ4n) is 3.70. The summed E-state index contributed by atoms with van der Waals surface area (Å²) in [5, 5.41) is 3.06.